The number of aryl methyl sites for hydroxylation is 1. The molecule has 346 valence electrons. The maximum atomic E-state index is 17.9. The summed E-state index contributed by atoms with van der Waals surface area (Å²) in [5, 5.41) is 0.0350. The van der Waals surface area contributed by atoms with Crippen LogP contribution in [0, 0.1) is 12.7 Å². The molecule has 0 aliphatic carbocycles. The second-order valence-corrected chi connectivity index (χ2v) is 17.3. The van der Waals surface area contributed by atoms with Gasteiger partial charge < -0.3 is 34.5 Å². The van der Waals surface area contributed by atoms with Gasteiger partial charge in [0.2, 0.25) is 5.88 Å². The summed E-state index contributed by atoms with van der Waals surface area (Å²) in [4.78, 5) is 28.6. The van der Waals surface area contributed by atoms with E-state index in [1.807, 2.05) is 49.1 Å². The van der Waals surface area contributed by atoms with Crippen LogP contribution >= 0.6 is 0 Å². The van der Waals surface area contributed by atoms with E-state index >= 15 is 17.6 Å². The van der Waals surface area contributed by atoms with Gasteiger partial charge in [-0.15, -0.1) is 0 Å². The number of halogens is 5. The second-order valence-electron chi connectivity index (χ2n) is 17.3. The van der Waals surface area contributed by atoms with E-state index in [9.17, 15) is 4.39 Å². The SMILES string of the molecule is COc1ccc(CN(Cc2ccc(OC)cc2)c2cc(-c3nc4c5c(nc(OC[C@@]67CCCN6C[C@H](F)C7)nc5c3F)N([C@H](C)c3cccnc3N)[C@@H](C)CO4)c(C(F)(F)F)c(C)n2)cc1. The largest absolute Gasteiger partial charge is 0.497 e. The molecule has 2 aromatic carbocycles. The van der Waals surface area contributed by atoms with Crippen LogP contribution in [-0.4, -0.2) is 88.1 Å². The molecule has 4 aromatic heterocycles. The van der Waals surface area contributed by atoms with E-state index in [2.05, 4.69) is 24.8 Å². The van der Waals surface area contributed by atoms with E-state index in [-0.39, 0.29) is 79.5 Å². The molecule has 2 fully saturated rings. The molecule has 3 aliphatic rings. The molecule has 2 saturated heterocycles. The van der Waals surface area contributed by atoms with Gasteiger partial charge in [-0.2, -0.15) is 23.1 Å². The van der Waals surface area contributed by atoms with Crippen molar-refractivity contribution >= 4 is 28.4 Å². The molecule has 0 saturated carbocycles. The molecule has 3 aliphatic heterocycles. The minimum Gasteiger partial charge on any atom is -0.497 e. The minimum absolute atomic E-state index is 0.0191. The third kappa shape index (κ3) is 8.42. The fraction of sp³-hybridized carbons (Fsp3) is 0.396. The van der Waals surface area contributed by atoms with Crippen LogP contribution in [0.4, 0.5) is 39.4 Å². The number of anilines is 3. The first kappa shape index (κ1) is 44.6. The van der Waals surface area contributed by atoms with Crippen molar-refractivity contribution < 1.29 is 40.9 Å². The molecule has 0 unspecified atom stereocenters. The van der Waals surface area contributed by atoms with Gasteiger partial charge in [-0.1, -0.05) is 30.3 Å². The fourth-order valence-electron chi connectivity index (χ4n) is 9.76. The summed E-state index contributed by atoms with van der Waals surface area (Å²) >= 11 is 0. The molecule has 0 amide bonds. The first-order chi connectivity index (χ1) is 31.7. The van der Waals surface area contributed by atoms with E-state index < -0.39 is 58.3 Å². The smallest absolute Gasteiger partial charge is 0.418 e. The molecule has 2 N–H and O–H groups in total. The lowest BCUT2D eigenvalue weighted by Gasteiger charge is -2.35. The van der Waals surface area contributed by atoms with E-state index in [0.717, 1.165) is 17.5 Å². The first-order valence-corrected chi connectivity index (χ1v) is 21.8. The van der Waals surface area contributed by atoms with Crippen molar-refractivity contribution in [2.75, 3.05) is 56.1 Å². The maximum Gasteiger partial charge on any atom is 0.418 e. The van der Waals surface area contributed by atoms with Gasteiger partial charge in [0.1, 0.15) is 64.9 Å². The van der Waals surface area contributed by atoms with Crippen LogP contribution in [0.2, 0.25) is 0 Å². The third-order valence-corrected chi connectivity index (χ3v) is 13.0. The van der Waals surface area contributed by atoms with Crippen LogP contribution in [0.25, 0.3) is 22.2 Å². The molecule has 9 rings (SSSR count). The number of fused-ring (bicyclic) bond motifs is 1. The Labute approximate surface area is 378 Å². The molecular weight excluding hydrogens is 862 g/mol. The van der Waals surface area contributed by atoms with Crippen molar-refractivity contribution in [2.45, 2.75) is 83.1 Å². The molecule has 7 heterocycles. The number of pyridine rings is 3. The zero-order chi connectivity index (χ0) is 46.5. The number of rotatable bonds is 13. The van der Waals surface area contributed by atoms with Gasteiger partial charge in [-0.05, 0) is 87.7 Å². The van der Waals surface area contributed by atoms with Gasteiger partial charge in [0.05, 0.1) is 43.1 Å². The molecule has 4 atom stereocenters. The average molecular weight is 912 g/mol. The highest BCUT2D eigenvalue weighted by Crippen LogP contribution is 2.47. The summed E-state index contributed by atoms with van der Waals surface area (Å²) in [6.45, 7) is 6.40. The van der Waals surface area contributed by atoms with Crippen molar-refractivity contribution in [3.05, 3.63) is 107 Å². The lowest BCUT2D eigenvalue weighted by atomic mass is 9.95. The van der Waals surface area contributed by atoms with Crippen LogP contribution in [0.3, 0.4) is 0 Å². The minimum atomic E-state index is -4.99. The second kappa shape index (κ2) is 17.7. The Morgan fingerprint density at radius 2 is 1.65 bits per heavy atom. The van der Waals surface area contributed by atoms with Crippen molar-refractivity contribution in [2.24, 2.45) is 0 Å². The van der Waals surface area contributed by atoms with Crippen LogP contribution in [0.15, 0.2) is 72.9 Å². The molecule has 66 heavy (non-hydrogen) atoms. The number of nitrogen functional groups attached to an aromatic ring is 1. The van der Waals surface area contributed by atoms with Gasteiger partial charge in [0, 0.05) is 43.4 Å². The van der Waals surface area contributed by atoms with Gasteiger partial charge in [-0.3, -0.25) is 4.90 Å². The summed E-state index contributed by atoms with van der Waals surface area (Å²) in [5.74, 6) is 0.512. The molecule has 0 bridgehead atoms. The lowest BCUT2D eigenvalue weighted by Crippen LogP contribution is -2.43. The molecule has 13 nitrogen and oxygen atoms in total. The zero-order valence-corrected chi connectivity index (χ0v) is 37.2. The number of alkyl halides is 4. The molecule has 0 spiro atoms. The number of ether oxygens (including phenoxy) is 4. The number of hydrogen-bond donors (Lipinski definition) is 1. The Morgan fingerprint density at radius 3 is 2.29 bits per heavy atom. The Bertz CT molecular complexity index is 2700. The Hall–Kier alpha value is -6.56. The summed E-state index contributed by atoms with van der Waals surface area (Å²) < 4.78 is 102. The van der Waals surface area contributed by atoms with Crippen molar-refractivity contribution in [1.82, 2.24) is 29.8 Å². The van der Waals surface area contributed by atoms with Gasteiger partial charge in [0.25, 0.3) is 0 Å². The highest BCUT2D eigenvalue weighted by Gasteiger charge is 2.49. The molecule has 6 aromatic rings. The third-order valence-electron chi connectivity index (χ3n) is 13.0. The number of benzene rings is 2. The first-order valence-electron chi connectivity index (χ1n) is 21.8. The highest BCUT2D eigenvalue weighted by atomic mass is 19.4. The van der Waals surface area contributed by atoms with E-state index in [0.29, 0.717) is 30.0 Å². The highest BCUT2D eigenvalue weighted by molar-refractivity contribution is 5.97. The van der Waals surface area contributed by atoms with Crippen molar-refractivity contribution in [3.8, 4) is 34.6 Å². The average Bonchev–Trinajstić information content (AvgIpc) is 3.78. The normalized spacial score (nSPS) is 19.9. The molecular formula is C48H50F5N9O4. The van der Waals surface area contributed by atoms with Crippen molar-refractivity contribution in [1.29, 1.82) is 0 Å². The van der Waals surface area contributed by atoms with Crippen LogP contribution in [-0.2, 0) is 19.3 Å². The van der Waals surface area contributed by atoms with Gasteiger partial charge in [-0.25, -0.2) is 23.7 Å². The number of aromatic nitrogens is 5. The Morgan fingerprint density at radius 1 is 0.970 bits per heavy atom. The predicted molar refractivity (Wildman–Crippen MR) is 239 cm³/mol. The number of nitrogens with two attached hydrogens (primary N) is 1. The number of hydrogen-bond acceptors (Lipinski definition) is 13. The predicted octanol–water partition coefficient (Wildman–Crippen LogP) is 9.06. The Balaban J connectivity index is 1.23. The summed E-state index contributed by atoms with van der Waals surface area (Å²) in [6, 6.07) is 18.1. The standard InChI is InChI=1S/C48H50F5N9O4/c1-27-25-65-45-38-42(58-46(66-26-47-17-7-19-61(47)24-32(49)21-47)59-44(38)62(27)29(3)35-8-6-18-55-43(35)54)40(50)41(57-45)36-20-37(56-28(2)39(36)48(51,52)53)60(22-30-9-13-33(63-4)14-10-30)23-31-11-15-34(64-5)16-12-31/h6,8-16,18,20,27,29,32H,7,17,19,21-26H2,1-5H3,(H2,54,55)/t27-,29+,32+,47-/m0/s1. The fourth-order valence-corrected chi connectivity index (χ4v) is 9.76. The van der Waals surface area contributed by atoms with Gasteiger partial charge >= 0.3 is 12.2 Å². The monoisotopic (exact) mass is 911 g/mol. The van der Waals surface area contributed by atoms with E-state index in [1.165, 1.54) is 13.0 Å². The van der Waals surface area contributed by atoms with Crippen LogP contribution in [0.1, 0.15) is 67.1 Å². The van der Waals surface area contributed by atoms with Crippen molar-refractivity contribution in [3.63, 3.8) is 0 Å². The number of nitrogens with zero attached hydrogens (tertiary/aromatic N) is 8. The summed E-state index contributed by atoms with van der Waals surface area (Å²) in [7, 11) is 3.11. The van der Waals surface area contributed by atoms with E-state index in [4.69, 9.17) is 29.7 Å². The summed E-state index contributed by atoms with van der Waals surface area (Å²) in [6.07, 6.45) is -2.66. The molecule has 0 radical (unpaired) electrons. The topological polar surface area (TPSA) is 137 Å². The summed E-state index contributed by atoms with van der Waals surface area (Å²) in [5.41, 5.74) is 4.90. The zero-order valence-electron chi connectivity index (χ0n) is 37.2. The van der Waals surface area contributed by atoms with Gasteiger partial charge in [0.15, 0.2) is 5.82 Å². The lowest BCUT2D eigenvalue weighted by molar-refractivity contribution is -0.137. The van der Waals surface area contributed by atoms with Crippen LogP contribution in [0.5, 0.6) is 23.4 Å². The van der Waals surface area contributed by atoms with Crippen LogP contribution < -0.4 is 34.5 Å². The molecule has 18 heteroatoms. The maximum absolute atomic E-state index is 17.9. The Kier molecular flexibility index (Phi) is 12.0. The van der Waals surface area contributed by atoms with E-state index in [1.54, 1.807) is 55.6 Å². The number of methoxy groups -OCH3 is 2. The quantitative estimate of drug-likeness (QED) is 0.111.